The molecule has 0 amide bonds. The summed E-state index contributed by atoms with van der Waals surface area (Å²) in [4.78, 5) is 2.47. The van der Waals surface area contributed by atoms with E-state index in [1.807, 2.05) is 0 Å². The first-order valence-electron chi connectivity index (χ1n) is 7.25. The molecule has 0 aromatic carbocycles. The van der Waals surface area contributed by atoms with Crippen LogP contribution in [0.15, 0.2) is 0 Å². The highest BCUT2D eigenvalue weighted by Crippen LogP contribution is 2.26. The molecule has 1 N–H and O–H groups in total. The van der Waals surface area contributed by atoms with Gasteiger partial charge >= 0.3 is 0 Å². The Hall–Kier alpha value is -0.0800. The van der Waals surface area contributed by atoms with Gasteiger partial charge in [0, 0.05) is 19.1 Å². The summed E-state index contributed by atoms with van der Waals surface area (Å²) in [5.74, 6) is 1.56. The van der Waals surface area contributed by atoms with E-state index in [1.54, 1.807) is 0 Å². The van der Waals surface area contributed by atoms with Gasteiger partial charge in [0.05, 0.1) is 0 Å². The minimum atomic E-state index is 0.398. The van der Waals surface area contributed by atoms with Gasteiger partial charge < -0.3 is 10.2 Å². The van der Waals surface area contributed by atoms with Crippen LogP contribution in [0.3, 0.4) is 0 Å². The van der Waals surface area contributed by atoms with Crippen LogP contribution < -0.4 is 5.32 Å². The van der Waals surface area contributed by atoms with Crippen LogP contribution in [0, 0.1) is 17.3 Å². The molecule has 1 heterocycles. The van der Waals surface area contributed by atoms with Crippen molar-refractivity contribution in [1.82, 2.24) is 10.2 Å². The minimum absolute atomic E-state index is 0.398. The Balaban J connectivity index is 2.36. The zero-order valence-electron chi connectivity index (χ0n) is 12.7. The van der Waals surface area contributed by atoms with E-state index in [2.05, 4.69) is 51.9 Å². The van der Waals surface area contributed by atoms with Gasteiger partial charge in [-0.25, -0.2) is 0 Å². The van der Waals surface area contributed by atoms with Crippen LogP contribution in [0.5, 0.6) is 0 Å². The third-order valence-corrected chi connectivity index (χ3v) is 4.81. The lowest BCUT2D eigenvalue weighted by Gasteiger charge is -2.37. The average Bonchev–Trinajstić information content (AvgIpc) is 2.25. The summed E-state index contributed by atoms with van der Waals surface area (Å²) >= 11 is 0. The topological polar surface area (TPSA) is 15.3 Å². The highest BCUT2D eigenvalue weighted by atomic mass is 15.1. The molecule has 2 heteroatoms. The maximum absolute atomic E-state index is 3.77. The fourth-order valence-corrected chi connectivity index (χ4v) is 2.41. The lowest BCUT2D eigenvalue weighted by Crippen LogP contribution is -2.46. The molecule has 0 spiro atoms. The monoisotopic (exact) mass is 240 g/mol. The molecule has 102 valence electrons. The molecule has 1 aliphatic heterocycles. The zero-order valence-corrected chi connectivity index (χ0v) is 12.7. The van der Waals surface area contributed by atoms with Crippen molar-refractivity contribution in [1.29, 1.82) is 0 Å². The summed E-state index contributed by atoms with van der Waals surface area (Å²) in [5, 5.41) is 3.77. The van der Waals surface area contributed by atoms with Crippen LogP contribution in [0.25, 0.3) is 0 Å². The van der Waals surface area contributed by atoms with E-state index in [4.69, 9.17) is 0 Å². The smallest absolute Gasteiger partial charge is 0.00794 e. The number of hydrogen-bond donors (Lipinski definition) is 1. The van der Waals surface area contributed by atoms with Crippen LogP contribution in [0.2, 0.25) is 0 Å². The molecule has 2 unspecified atom stereocenters. The predicted octanol–water partition coefficient (Wildman–Crippen LogP) is 2.99. The Morgan fingerprint density at radius 3 is 2.47 bits per heavy atom. The SMILES string of the molecule is CC(NCC(C)(C)C(C)C)C1CCCN(C)C1. The number of piperidine rings is 1. The highest BCUT2D eigenvalue weighted by molar-refractivity contribution is 4.82. The van der Waals surface area contributed by atoms with E-state index < -0.39 is 0 Å². The predicted molar refractivity (Wildman–Crippen MR) is 76.3 cm³/mol. The van der Waals surface area contributed by atoms with Gasteiger partial charge in [0.25, 0.3) is 0 Å². The number of likely N-dealkylation sites (tertiary alicyclic amines) is 1. The number of nitrogens with zero attached hydrogens (tertiary/aromatic N) is 1. The second-order valence-electron chi connectivity index (χ2n) is 6.98. The Bertz CT molecular complexity index is 223. The number of hydrogen-bond acceptors (Lipinski definition) is 2. The van der Waals surface area contributed by atoms with Crippen LogP contribution in [0.4, 0.5) is 0 Å². The maximum atomic E-state index is 3.77. The van der Waals surface area contributed by atoms with Gasteiger partial charge in [-0.05, 0) is 50.6 Å². The Morgan fingerprint density at radius 1 is 1.29 bits per heavy atom. The first kappa shape index (κ1) is 15.0. The van der Waals surface area contributed by atoms with Gasteiger partial charge in [0.15, 0.2) is 0 Å². The largest absolute Gasteiger partial charge is 0.313 e. The van der Waals surface area contributed by atoms with Crippen LogP contribution in [-0.4, -0.2) is 37.6 Å². The molecule has 1 saturated heterocycles. The standard InChI is InChI=1S/C15H32N2/c1-12(2)15(4,5)11-16-13(3)14-8-7-9-17(6)10-14/h12-14,16H,7-11H2,1-6H3. The second-order valence-corrected chi connectivity index (χ2v) is 6.98. The maximum Gasteiger partial charge on any atom is 0.00794 e. The molecule has 0 aromatic rings. The quantitative estimate of drug-likeness (QED) is 0.795. The van der Waals surface area contributed by atoms with Crippen molar-refractivity contribution in [2.45, 2.75) is 53.5 Å². The number of nitrogens with one attached hydrogen (secondary N) is 1. The van der Waals surface area contributed by atoms with Gasteiger partial charge in [-0.3, -0.25) is 0 Å². The van der Waals surface area contributed by atoms with Crippen LogP contribution in [0.1, 0.15) is 47.5 Å². The van der Waals surface area contributed by atoms with Crippen molar-refractivity contribution in [3.8, 4) is 0 Å². The van der Waals surface area contributed by atoms with Gasteiger partial charge in [-0.2, -0.15) is 0 Å². The van der Waals surface area contributed by atoms with E-state index in [-0.39, 0.29) is 0 Å². The summed E-state index contributed by atoms with van der Waals surface area (Å²) in [6.45, 7) is 15.4. The van der Waals surface area contributed by atoms with E-state index >= 15 is 0 Å². The molecule has 0 aromatic heterocycles. The molecule has 1 aliphatic rings. The molecule has 0 aliphatic carbocycles. The van der Waals surface area contributed by atoms with Gasteiger partial charge in [-0.1, -0.05) is 27.7 Å². The zero-order chi connectivity index (χ0) is 13.1. The summed E-state index contributed by atoms with van der Waals surface area (Å²) in [6, 6.07) is 0.649. The first-order chi connectivity index (χ1) is 7.83. The lowest BCUT2D eigenvalue weighted by atomic mass is 9.80. The van der Waals surface area contributed by atoms with E-state index in [0.717, 1.165) is 18.4 Å². The van der Waals surface area contributed by atoms with E-state index in [9.17, 15) is 0 Å². The van der Waals surface area contributed by atoms with Gasteiger partial charge in [-0.15, -0.1) is 0 Å². The molecule has 17 heavy (non-hydrogen) atoms. The van der Waals surface area contributed by atoms with Crippen molar-refractivity contribution in [2.24, 2.45) is 17.3 Å². The molecule has 0 radical (unpaired) electrons. The molecule has 2 nitrogen and oxygen atoms in total. The molecule has 1 fully saturated rings. The summed E-state index contributed by atoms with van der Waals surface area (Å²) < 4.78 is 0. The van der Waals surface area contributed by atoms with Crippen molar-refractivity contribution >= 4 is 0 Å². The Kier molecular flexibility index (Phi) is 5.46. The second kappa shape index (κ2) is 6.19. The summed E-state index contributed by atoms with van der Waals surface area (Å²) in [7, 11) is 2.25. The lowest BCUT2D eigenvalue weighted by molar-refractivity contribution is 0.161. The fraction of sp³-hybridized carbons (Fsp3) is 1.00. The molecular weight excluding hydrogens is 208 g/mol. The molecule has 0 saturated carbocycles. The number of rotatable bonds is 5. The third-order valence-electron chi connectivity index (χ3n) is 4.81. The van der Waals surface area contributed by atoms with E-state index in [1.165, 1.54) is 25.9 Å². The van der Waals surface area contributed by atoms with Crippen molar-refractivity contribution in [3.63, 3.8) is 0 Å². The fourth-order valence-electron chi connectivity index (χ4n) is 2.41. The van der Waals surface area contributed by atoms with Gasteiger partial charge in [0.1, 0.15) is 0 Å². The molecule has 2 atom stereocenters. The molecular formula is C15H32N2. The third kappa shape index (κ3) is 4.59. The van der Waals surface area contributed by atoms with Crippen molar-refractivity contribution < 1.29 is 0 Å². The average molecular weight is 240 g/mol. The van der Waals surface area contributed by atoms with E-state index in [0.29, 0.717) is 11.5 Å². The molecule has 0 bridgehead atoms. The summed E-state index contributed by atoms with van der Waals surface area (Å²) in [6.07, 6.45) is 2.75. The van der Waals surface area contributed by atoms with Crippen LogP contribution >= 0.6 is 0 Å². The Labute approximate surface area is 108 Å². The summed E-state index contributed by atoms with van der Waals surface area (Å²) in [5.41, 5.74) is 0.398. The highest BCUT2D eigenvalue weighted by Gasteiger charge is 2.26. The van der Waals surface area contributed by atoms with Crippen LogP contribution in [-0.2, 0) is 0 Å². The Morgan fingerprint density at radius 2 is 1.94 bits per heavy atom. The van der Waals surface area contributed by atoms with Crippen molar-refractivity contribution in [2.75, 3.05) is 26.7 Å². The molecule has 1 rings (SSSR count). The van der Waals surface area contributed by atoms with Gasteiger partial charge in [0.2, 0.25) is 0 Å². The normalized spacial score (nSPS) is 25.2. The first-order valence-corrected chi connectivity index (χ1v) is 7.25. The minimum Gasteiger partial charge on any atom is -0.313 e. The van der Waals surface area contributed by atoms with Crippen molar-refractivity contribution in [3.05, 3.63) is 0 Å².